The first-order valence-electron chi connectivity index (χ1n) is 11.2. The van der Waals surface area contributed by atoms with Crippen molar-refractivity contribution in [3.05, 3.63) is 71.2 Å². The van der Waals surface area contributed by atoms with Crippen LogP contribution in [0.5, 0.6) is 0 Å². The summed E-state index contributed by atoms with van der Waals surface area (Å²) in [6.07, 6.45) is 1.06. The van der Waals surface area contributed by atoms with Gasteiger partial charge in [-0.3, -0.25) is 19.3 Å². The second-order valence-electron chi connectivity index (χ2n) is 9.12. The van der Waals surface area contributed by atoms with Gasteiger partial charge in [-0.15, -0.1) is 0 Å². The van der Waals surface area contributed by atoms with Crippen LogP contribution >= 0.6 is 0 Å². The van der Waals surface area contributed by atoms with Gasteiger partial charge in [0.2, 0.25) is 5.91 Å². The Morgan fingerprint density at radius 1 is 1.00 bits per heavy atom. The zero-order valence-corrected chi connectivity index (χ0v) is 19.1. The van der Waals surface area contributed by atoms with Crippen molar-refractivity contribution >= 4 is 29.0 Å². The molecule has 2 aliphatic rings. The molecule has 3 amide bonds. The number of likely N-dealkylation sites (tertiary alicyclic amines) is 1. The summed E-state index contributed by atoms with van der Waals surface area (Å²) in [5.74, 6) is -0.710. The van der Waals surface area contributed by atoms with Gasteiger partial charge in [0.25, 0.3) is 11.8 Å². The second kappa shape index (κ2) is 9.17. The quantitative estimate of drug-likeness (QED) is 0.700. The molecule has 0 radical (unpaired) electrons. The van der Waals surface area contributed by atoms with Gasteiger partial charge in [-0.1, -0.05) is 44.2 Å². The summed E-state index contributed by atoms with van der Waals surface area (Å²) in [5, 5.41) is 2.71. The standard InChI is InChI=1S/C26H28FN3O3/c1-16-12-17(2)14-29(13-16)24-23(19-8-10-21(11-9-19)28-18(3)31)25(32)30(26(24)33)15-20-6-4-5-7-22(20)27/h4-11,16-17H,12-15H2,1-3H3,(H,28,31). The summed E-state index contributed by atoms with van der Waals surface area (Å²) in [4.78, 5) is 41.6. The van der Waals surface area contributed by atoms with Crippen LogP contribution in [0.25, 0.3) is 5.57 Å². The monoisotopic (exact) mass is 449 g/mol. The lowest BCUT2D eigenvalue weighted by Gasteiger charge is -2.37. The number of carbonyl (C=O) groups excluding carboxylic acids is 3. The third-order valence-corrected chi connectivity index (χ3v) is 6.11. The number of benzene rings is 2. The van der Waals surface area contributed by atoms with Gasteiger partial charge in [-0.2, -0.15) is 0 Å². The van der Waals surface area contributed by atoms with Gasteiger partial charge in [0, 0.05) is 31.3 Å². The number of rotatable bonds is 5. The number of halogens is 1. The Hall–Kier alpha value is -3.48. The minimum Gasteiger partial charge on any atom is -0.366 e. The van der Waals surface area contributed by atoms with Crippen molar-refractivity contribution in [1.29, 1.82) is 0 Å². The molecule has 2 aromatic carbocycles. The molecule has 0 spiro atoms. The molecule has 1 saturated heterocycles. The Kier molecular flexibility index (Phi) is 6.31. The molecule has 6 nitrogen and oxygen atoms in total. The first-order chi connectivity index (χ1) is 15.7. The van der Waals surface area contributed by atoms with Crippen LogP contribution < -0.4 is 5.32 Å². The normalized spacial score (nSPS) is 21.1. The lowest BCUT2D eigenvalue weighted by Crippen LogP contribution is -2.41. The number of hydrogen-bond acceptors (Lipinski definition) is 4. The van der Waals surface area contributed by atoms with Crippen molar-refractivity contribution in [2.45, 2.75) is 33.7 Å². The highest BCUT2D eigenvalue weighted by Crippen LogP contribution is 2.36. The van der Waals surface area contributed by atoms with Crippen LogP contribution in [0.1, 0.15) is 38.3 Å². The average molecular weight is 450 g/mol. The number of carbonyl (C=O) groups is 3. The van der Waals surface area contributed by atoms with Gasteiger partial charge in [0.15, 0.2) is 0 Å². The SMILES string of the molecule is CC(=O)Nc1ccc(C2=C(N3CC(C)CC(C)C3)C(=O)N(Cc3ccccc3F)C2=O)cc1. The Morgan fingerprint density at radius 3 is 2.24 bits per heavy atom. The summed E-state index contributed by atoms with van der Waals surface area (Å²) < 4.78 is 14.3. The maximum atomic E-state index is 14.3. The van der Waals surface area contributed by atoms with Crippen LogP contribution in [0.2, 0.25) is 0 Å². The molecule has 2 heterocycles. The van der Waals surface area contributed by atoms with E-state index in [-0.39, 0.29) is 12.5 Å². The fourth-order valence-electron chi connectivity index (χ4n) is 4.83. The molecule has 1 N–H and O–H groups in total. The topological polar surface area (TPSA) is 69.7 Å². The largest absolute Gasteiger partial charge is 0.366 e. The smallest absolute Gasteiger partial charge is 0.278 e. The van der Waals surface area contributed by atoms with Crippen LogP contribution in [0.4, 0.5) is 10.1 Å². The number of hydrogen-bond donors (Lipinski definition) is 1. The Balaban J connectivity index is 1.74. The van der Waals surface area contributed by atoms with Crippen molar-refractivity contribution in [1.82, 2.24) is 9.80 Å². The maximum absolute atomic E-state index is 14.3. The van der Waals surface area contributed by atoms with Crippen molar-refractivity contribution < 1.29 is 18.8 Å². The Bertz CT molecular complexity index is 1120. The van der Waals surface area contributed by atoms with Gasteiger partial charge in [-0.05, 0) is 42.0 Å². The first kappa shape index (κ1) is 22.7. The van der Waals surface area contributed by atoms with E-state index in [4.69, 9.17) is 0 Å². The number of imide groups is 1. The van der Waals surface area contributed by atoms with Crippen LogP contribution in [-0.2, 0) is 20.9 Å². The van der Waals surface area contributed by atoms with E-state index in [9.17, 15) is 18.8 Å². The van der Waals surface area contributed by atoms with Crippen LogP contribution in [0.15, 0.2) is 54.2 Å². The van der Waals surface area contributed by atoms with E-state index in [1.165, 1.54) is 13.0 Å². The zero-order chi connectivity index (χ0) is 23.7. The Morgan fingerprint density at radius 2 is 1.64 bits per heavy atom. The molecular formula is C26H28FN3O3. The number of nitrogens with zero attached hydrogens (tertiary/aromatic N) is 2. The maximum Gasteiger partial charge on any atom is 0.278 e. The number of nitrogens with one attached hydrogen (secondary N) is 1. The highest BCUT2D eigenvalue weighted by molar-refractivity contribution is 6.35. The average Bonchev–Trinajstić information content (AvgIpc) is 2.99. The van der Waals surface area contributed by atoms with Gasteiger partial charge in [0.1, 0.15) is 11.5 Å². The fourth-order valence-corrected chi connectivity index (χ4v) is 4.83. The number of anilines is 1. The third kappa shape index (κ3) is 4.67. The summed E-state index contributed by atoms with van der Waals surface area (Å²) >= 11 is 0. The molecule has 0 bridgehead atoms. The van der Waals surface area contributed by atoms with Gasteiger partial charge in [-0.25, -0.2) is 4.39 Å². The van der Waals surface area contributed by atoms with Crippen LogP contribution in [0.3, 0.4) is 0 Å². The predicted octanol–water partition coefficient (Wildman–Crippen LogP) is 4.04. The summed E-state index contributed by atoms with van der Waals surface area (Å²) in [6, 6.07) is 13.1. The van der Waals surface area contributed by atoms with E-state index in [1.807, 2.05) is 4.90 Å². The second-order valence-corrected chi connectivity index (χ2v) is 9.12. The molecule has 2 aliphatic heterocycles. The highest BCUT2D eigenvalue weighted by Gasteiger charge is 2.43. The minimum atomic E-state index is -0.451. The lowest BCUT2D eigenvalue weighted by atomic mass is 9.91. The molecule has 0 aliphatic carbocycles. The molecule has 2 unspecified atom stereocenters. The van der Waals surface area contributed by atoms with E-state index in [2.05, 4.69) is 19.2 Å². The fraction of sp³-hybridized carbons (Fsp3) is 0.346. The highest BCUT2D eigenvalue weighted by atomic mass is 19.1. The van der Waals surface area contributed by atoms with Gasteiger partial charge >= 0.3 is 0 Å². The van der Waals surface area contributed by atoms with E-state index < -0.39 is 17.6 Å². The molecule has 33 heavy (non-hydrogen) atoms. The Labute approximate surface area is 193 Å². The van der Waals surface area contributed by atoms with Crippen molar-refractivity contribution in [3.63, 3.8) is 0 Å². The van der Waals surface area contributed by atoms with Gasteiger partial charge < -0.3 is 10.2 Å². The van der Waals surface area contributed by atoms with E-state index in [0.29, 0.717) is 53.0 Å². The molecule has 2 atom stereocenters. The van der Waals surface area contributed by atoms with Crippen LogP contribution in [0, 0.1) is 17.7 Å². The zero-order valence-electron chi connectivity index (χ0n) is 19.1. The van der Waals surface area contributed by atoms with Crippen molar-refractivity contribution in [3.8, 4) is 0 Å². The first-order valence-corrected chi connectivity index (χ1v) is 11.2. The summed E-state index contributed by atoms with van der Waals surface area (Å²) in [5.41, 5.74) is 2.20. The van der Waals surface area contributed by atoms with Crippen LogP contribution in [-0.4, -0.2) is 40.6 Å². The molecule has 0 aromatic heterocycles. The van der Waals surface area contributed by atoms with E-state index >= 15 is 0 Å². The predicted molar refractivity (Wildman–Crippen MR) is 124 cm³/mol. The molecular weight excluding hydrogens is 421 g/mol. The summed E-state index contributed by atoms with van der Waals surface area (Å²) in [6.45, 7) is 6.94. The van der Waals surface area contributed by atoms with E-state index in [0.717, 1.165) is 11.3 Å². The van der Waals surface area contributed by atoms with Gasteiger partial charge in [0.05, 0.1) is 12.1 Å². The van der Waals surface area contributed by atoms with Crippen molar-refractivity contribution in [2.75, 3.05) is 18.4 Å². The molecule has 4 rings (SSSR count). The lowest BCUT2D eigenvalue weighted by molar-refractivity contribution is -0.138. The van der Waals surface area contributed by atoms with Crippen molar-refractivity contribution in [2.24, 2.45) is 11.8 Å². The molecule has 2 aromatic rings. The molecule has 1 fully saturated rings. The number of amides is 3. The minimum absolute atomic E-state index is 0.125. The van der Waals surface area contributed by atoms with E-state index in [1.54, 1.807) is 42.5 Å². The molecule has 0 saturated carbocycles. The third-order valence-electron chi connectivity index (χ3n) is 6.11. The summed E-state index contributed by atoms with van der Waals surface area (Å²) in [7, 11) is 0. The molecule has 7 heteroatoms. The number of piperidine rings is 1. The molecule has 172 valence electrons.